The SMILES string of the molecule is CC1(O)CCCN(C(=O)c2cc(N)ncc2[N+](=O)[O-])CC1. The predicted octanol–water partition coefficient (Wildman–Crippen LogP) is 0.949. The number of aliphatic hydroxyl groups is 1. The van der Waals surface area contributed by atoms with Gasteiger partial charge in [-0.15, -0.1) is 0 Å². The number of carbonyl (C=O) groups is 1. The first-order valence-corrected chi connectivity index (χ1v) is 6.72. The van der Waals surface area contributed by atoms with Gasteiger partial charge in [0, 0.05) is 13.1 Å². The molecule has 1 amide bonds. The molecule has 0 aromatic carbocycles. The molecule has 8 nitrogen and oxygen atoms in total. The highest BCUT2D eigenvalue weighted by molar-refractivity contribution is 5.98. The molecule has 114 valence electrons. The second-order valence-electron chi connectivity index (χ2n) is 5.53. The maximum Gasteiger partial charge on any atom is 0.300 e. The van der Waals surface area contributed by atoms with Gasteiger partial charge in [-0.05, 0) is 32.3 Å². The van der Waals surface area contributed by atoms with E-state index in [9.17, 15) is 20.0 Å². The minimum atomic E-state index is -0.807. The molecule has 1 atom stereocenters. The first-order chi connectivity index (χ1) is 9.80. The standard InChI is InChI=1S/C13H18N4O4/c1-13(19)3-2-5-16(6-4-13)12(18)9-7-11(14)15-8-10(9)17(20)21/h7-8,19H,2-6H2,1H3,(H2,14,15). The largest absolute Gasteiger partial charge is 0.390 e. The second-order valence-corrected chi connectivity index (χ2v) is 5.53. The highest BCUT2D eigenvalue weighted by atomic mass is 16.6. The van der Waals surface area contributed by atoms with E-state index in [4.69, 9.17) is 5.73 Å². The van der Waals surface area contributed by atoms with Gasteiger partial charge in [-0.2, -0.15) is 0 Å². The van der Waals surface area contributed by atoms with Crippen LogP contribution in [0.2, 0.25) is 0 Å². The average molecular weight is 294 g/mol. The van der Waals surface area contributed by atoms with Crippen molar-refractivity contribution < 1.29 is 14.8 Å². The van der Waals surface area contributed by atoms with Crippen molar-refractivity contribution in [3.05, 3.63) is 27.9 Å². The summed E-state index contributed by atoms with van der Waals surface area (Å²) in [5.74, 6) is -0.390. The molecular weight excluding hydrogens is 276 g/mol. The van der Waals surface area contributed by atoms with Crippen LogP contribution in [0.4, 0.5) is 11.5 Å². The zero-order valence-corrected chi connectivity index (χ0v) is 11.8. The van der Waals surface area contributed by atoms with Crippen molar-refractivity contribution in [3.8, 4) is 0 Å². The summed E-state index contributed by atoms with van der Waals surface area (Å²) in [7, 11) is 0. The molecule has 1 aliphatic rings. The van der Waals surface area contributed by atoms with Crippen LogP contribution in [0.15, 0.2) is 12.3 Å². The lowest BCUT2D eigenvalue weighted by Crippen LogP contribution is -2.34. The summed E-state index contributed by atoms with van der Waals surface area (Å²) in [4.78, 5) is 28.0. The Balaban J connectivity index is 2.27. The van der Waals surface area contributed by atoms with Crippen molar-refractivity contribution in [1.29, 1.82) is 0 Å². The van der Waals surface area contributed by atoms with E-state index < -0.39 is 16.4 Å². The topological polar surface area (TPSA) is 123 Å². The van der Waals surface area contributed by atoms with Crippen LogP contribution in [0.5, 0.6) is 0 Å². The number of carbonyl (C=O) groups excluding carboxylic acids is 1. The van der Waals surface area contributed by atoms with Crippen molar-refractivity contribution in [2.24, 2.45) is 0 Å². The Morgan fingerprint density at radius 1 is 1.52 bits per heavy atom. The lowest BCUT2D eigenvalue weighted by atomic mass is 9.98. The Bertz CT molecular complexity index is 573. The highest BCUT2D eigenvalue weighted by Crippen LogP contribution is 2.25. The molecule has 21 heavy (non-hydrogen) atoms. The van der Waals surface area contributed by atoms with Crippen molar-refractivity contribution >= 4 is 17.4 Å². The van der Waals surface area contributed by atoms with E-state index in [2.05, 4.69) is 4.98 Å². The van der Waals surface area contributed by atoms with Crippen LogP contribution in [0.1, 0.15) is 36.5 Å². The molecular formula is C13H18N4O4. The number of pyridine rings is 1. The normalized spacial score (nSPS) is 22.7. The smallest absolute Gasteiger partial charge is 0.300 e. The fraction of sp³-hybridized carbons (Fsp3) is 0.538. The fourth-order valence-corrected chi connectivity index (χ4v) is 2.42. The number of nitro groups is 1. The Kier molecular flexibility index (Phi) is 4.08. The number of likely N-dealkylation sites (tertiary alicyclic amines) is 1. The van der Waals surface area contributed by atoms with Crippen LogP contribution < -0.4 is 5.73 Å². The molecule has 1 aromatic heterocycles. The van der Waals surface area contributed by atoms with Gasteiger partial charge in [-0.25, -0.2) is 4.98 Å². The first-order valence-electron chi connectivity index (χ1n) is 6.72. The molecule has 1 saturated heterocycles. The van der Waals surface area contributed by atoms with Crippen LogP contribution in [0.3, 0.4) is 0 Å². The highest BCUT2D eigenvalue weighted by Gasteiger charge is 2.30. The summed E-state index contributed by atoms with van der Waals surface area (Å²) in [6, 6.07) is 1.23. The van der Waals surface area contributed by atoms with Crippen molar-refractivity contribution in [1.82, 2.24) is 9.88 Å². The molecule has 1 aliphatic heterocycles. The summed E-state index contributed by atoms with van der Waals surface area (Å²) in [5.41, 5.74) is 4.30. The van der Waals surface area contributed by atoms with Gasteiger partial charge in [0.15, 0.2) is 0 Å². The number of nitrogens with zero attached hydrogens (tertiary/aromatic N) is 3. The first kappa shape index (κ1) is 15.2. The third kappa shape index (κ3) is 3.46. The molecule has 0 spiro atoms. The molecule has 0 radical (unpaired) electrons. The second kappa shape index (κ2) is 5.65. The third-order valence-electron chi connectivity index (χ3n) is 3.68. The van der Waals surface area contributed by atoms with E-state index in [0.717, 1.165) is 6.20 Å². The van der Waals surface area contributed by atoms with Gasteiger partial charge in [0.1, 0.15) is 17.6 Å². The number of nitrogen functional groups attached to an aromatic ring is 1. The molecule has 0 aliphatic carbocycles. The van der Waals surface area contributed by atoms with Gasteiger partial charge in [0.05, 0.1) is 10.5 Å². The summed E-state index contributed by atoms with van der Waals surface area (Å²) in [6.07, 6.45) is 2.67. The molecule has 0 saturated carbocycles. The Labute approximate surface area is 121 Å². The lowest BCUT2D eigenvalue weighted by molar-refractivity contribution is -0.385. The number of nitrogens with two attached hydrogens (primary N) is 1. The van der Waals surface area contributed by atoms with Crippen LogP contribution in [0, 0.1) is 10.1 Å². The van der Waals surface area contributed by atoms with Gasteiger partial charge in [0.2, 0.25) is 0 Å². The van der Waals surface area contributed by atoms with Gasteiger partial charge in [0.25, 0.3) is 11.6 Å². The molecule has 1 aromatic rings. The number of aromatic nitrogens is 1. The molecule has 1 unspecified atom stereocenters. The summed E-state index contributed by atoms with van der Waals surface area (Å²) in [6.45, 7) is 2.54. The van der Waals surface area contributed by atoms with Crippen molar-refractivity contribution in [2.75, 3.05) is 18.8 Å². The number of anilines is 1. The molecule has 8 heteroatoms. The van der Waals surface area contributed by atoms with E-state index >= 15 is 0 Å². The van der Waals surface area contributed by atoms with Gasteiger partial charge >= 0.3 is 0 Å². The molecule has 2 rings (SSSR count). The quantitative estimate of drug-likeness (QED) is 0.618. The van der Waals surface area contributed by atoms with E-state index in [0.29, 0.717) is 32.4 Å². The maximum atomic E-state index is 12.5. The average Bonchev–Trinajstić information content (AvgIpc) is 2.58. The fourth-order valence-electron chi connectivity index (χ4n) is 2.42. The van der Waals surface area contributed by atoms with E-state index in [1.54, 1.807) is 6.92 Å². The minimum absolute atomic E-state index is 0.0609. The number of hydrogen-bond acceptors (Lipinski definition) is 6. The molecule has 2 heterocycles. The van der Waals surface area contributed by atoms with Crippen molar-refractivity contribution in [3.63, 3.8) is 0 Å². The Hall–Kier alpha value is -2.22. The number of amides is 1. The van der Waals surface area contributed by atoms with Crippen LogP contribution >= 0.6 is 0 Å². The predicted molar refractivity (Wildman–Crippen MR) is 75.7 cm³/mol. The number of hydrogen-bond donors (Lipinski definition) is 2. The van der Waals surface area contributed by atoms with Crippen molar-refractivity contribution in [2.45, 2.75) is 31.8 Å². The zero-order valence-electron chi connectivity index (χ0n) is 11.8. The Morgan fingerprint density at radius 3 is 2.90 bits per heavy atom. The van der Waals surface area contributed by atoms with E-state index in [1.807, 2.05) is 0 Å². The van der Waals surface area contributed by atoms with E-state index in [1.165, 1.54) is 11.0 Å². The molecule has 0 bridgehead atoms. The number of rotatable bonds is 2. The van der Waals surface area contributed by atoms with E-state index in [-0.39, 0.29) is 17.1 Å². The van der Waals surface area contributed by atoms with Gasteiger partial charge < -0.3 is 15.7 Å². The summed E-state index contributed by atoms with van der Waals surface area (Å²) in [5, 5.41) is 21.0. The van der Waals surface area contributed by atoms with Gasteiger partial charge in [-0.3, -0.25) is 14.9 Å². The summed E-state index contributed by atoms with van der Waals surface area (Å²) >= 11 is 0. The third-order valence-corrected chi connectivity index (χ3v) is 3.68. The lowest BCUT2D eigenvalue weighted by Gasteiger charge is -2.22. The minimum Gasteiger partial charge on any atom is -0.390 e. The monoisotopic (exact) mass is 294 g/mol. The summed E-state index contributed by atoms with van der Waals surface area (Å²) < 4.78 is 0. The molecule has 3 N–H and O–H groups in total. The van der Waals surface area contributed by atoms with Crippen LogP contribution in [0.25, 0.3) is 0 Å². The Morgan fingerprint density at radius 2 is 2.24 bits per heavy atom. The van der Waals surface area contributed by atoms with Crippen LogP contribution in [-0.2, 0) is 0 Å². The zero-order chi connectivity index (χ0) is 15.6. The van der Waals surface area contributed by atoms with Crippen LogP contribution in [-0.4, -0.2) is 44.5 Å². The van der Waals surface area contributed by atoms with Gasteiger partial charge in [-0.1, -0.05) is 0 Å². The maximum absolute atomic E-state index is 12.5. The molecule has 1 fully saturated rings.